The molecule has 1 atom stereocenters. The number of hydrogen-bond acceptors (Lipinski definition) is 1. The Labute approximate surface area is 62.9 Å². The normalized spacial score (nSPS) is 13.5. The lowest BCUT2D eigenvalue weighted by atomic mass is 10.1. The van der Waals surface area contributed by atoms with Crippen LogP contribution < -0.4 is 5.54 Å². The molecule has 0 bridgehead atoms. The molecule has 1 unspecified atom stereocenters. The smallest absolute Gasteiger partial charge is 0.0343 e. The molecule has 0 saturated carbocycles. The predicted molar refractivity (Wildman–Crippen MR) is 42.5 cm³/mol. The minimum Gasteiger partial charge on any atom is -0.157 e. The van der Waals surface area contributed by atoms with Gasteiger partial charge in [0.25, 0.3) is 0 Å². The van der Waals surface area contributed by atoms with E-state index in [0.717, 1.165) is 12.8 Å². The van der Waals surface area contributed by atoms with Gasteiger partial charge in [0.15, 0.2) is 0 Å². The second kappa shape index (κ2) is 7.00. The maximum atomic E-state index is 11.6. The van der Waals surface area contributed by atoms with Gasteiger partial charge in [-0.2, -0.15) is 5.54 Å². The van der Waals surface area contributed by atoms with Crippen LogP contribution in [-0.4, -0.2) is 6.04 Å². The summed E-state index contributed by atoms with van der Waals surface area (Å²) in [5.41, 5.74) is 1.74. The summed E-state index contributed by atoms with van der Waals surface area (Å²) in [5.74, 6) is 0. The van der Waals surface area contributed by atoms with Crippen LogP contribution in [0.25, 0.3) is 0 Å². The number of halogens is 1. The Balaban J connectivity index is 2.89. The average Bonchev–Trinajstić information content (AvgIpc) is 1.98. The summed E-state index contributed by atoms with van der Waals surface area (Å²) in [4.78, 5) is 0. The molecule has 62 valence electrons. The fourth-order valence-electron chi connectivity index (χ4n) is 0.932. The lowest BCUT2D eigenvalue weighted by Crippen LogP contribution is -2.16. The van der Waals surface area contributed by atoms with Crippen molar-refractivity contribution >= 4 is 0 Å². The third kappa shape index (κ3) is 6.02. The molecule has 0 amide bonds. The van der Waals surface area contributed by atoms with Crippen molar-refractivity contribution < 1.29 is 4.48 Å². The highest BCUT2D eigenvalue weighted by molar-refractivity contribution is 4.53. The van der Waals surface area contributed by atoms with Crippen LogP contribution in [0.1, 0.15) is 46.0 Å². The van der Waals surface area contributed by atoms with Crippen molar-refractivity contribution in [1.82, 2.24) is 5.54 Å². The molecule has 1 nitrogen and oxygen atoms in total. The van der Waals surface area contributed by atoms with Crippen molar-refractivity contribution in [1.29, 1.82) is 0 Å². The second-order valence-electron chi connectivity index (χ2n) is 2.86. The third-order valence-electron chi connectivity index (χ3n) is 1.68. The third-order valence-corrected chi connectivity index (χ3v) is 1.68. The summed E-state index contributed by atoms with van der Waals surface area (Å²) in [6, 6.07) is 0.0388. The van der Waals surface area contributed by atoms with Crippen LogP contribution in [0.15, 0.2) is 0 Å². The Morgan fingerprint density at radius 2 is 2.00 bits per heavy atom. The van der Waals surface area contributed by atoms with Crippen LogP contribution in [0.3, 0.4) is 0 Å². The van der Waals surface area contributed by atoms with E-state index in [-0.39, 0.29) is 6.04 Å². The maximum absolute atomic E-state index is 11.6. The van der Waals surface area contributed by atoms with Crippen LogP contribution in [-0.2, 0) is 0 Å². The summed E-state index contributed by atoms with van der Waals surface area (Å²) in [6.45, 7) is 4.04. The van der Waals surface area contributed by atoms with Crippen molar-refractivity contribution in [2.24, 2.45) is 0 Å². The molecule has 0 spiro atoms. The van der Waals surface area contributed by atoms with Gasteiger partial charge in [0.05, 0.1) is 0 Å². The zero-order valence-corrected chi connectivity index (χ0v) is 6.99. The molecule has 2 heteroatoms. The van der Waals surface area contributed by atoms with Crippen molar-refractivity contribution in [2.45, 2.75) is 52.0 Å². The molecule has 0 heterocycles. The minimum atomic E-state index is 0.0388. The van der Waals surface area contributed by atoms with E-state index in [1.807, 2.05) is 6.92 Å². The van der Waals surface area contributed by atoms with Gasteiger partial charge in [0, 0.05) is 6.04 Å². The highest BCUT2D eigenvalue weighted by Crippen LogP contribution is 2.04. The molecule has 0 aromatic rings. The highest BCUT2D eigenvalue weighted by Gasteiger charge is 1.97. The number of hydrogen-bond donors (Lipinski definition) is 1. The van der Waals surface area contributed by atoms with E-state index in [9.17, 15) is 4.48 Å². The number of rotatable bonds is 6. The van der Waals surface area contributed by atoms with Crippen molar-refractivity contribution in [3.05, 3.63) is 0 Å². The van der Waals surface area contributed by atoms with E-state index in [4.69, 9.17) is 0 Å². The Hall–Kier alpha value is -0.110. The predicted octanol–water partition coefficient (Wildman–Crippen LogP) is 2.82. The van der Waals surface area contributed by atoms with Gasteiger partial charge in [-0.1, -0.05) is 32.6 Å². The first-order chi connectivity index (χ1) is 4.81. The Morgan fingerprint density at radius 1 is 1.30 bits per heavy atom. The largest absolute Gasteiger partial charge is 0.157 e. The summed E-state index contributed by atoms with van der Waals surface area (Å²) in [6.07, 6.45) is 5.86. The lowest BCUT2D eigenvalue weighted by Gasteiger charge is -2.05. The maximum Gasteiger partial charge on any atom is 0.0343 e. The molecule has 0 aromatic carbocycles. The monoisotopic (exact) mass is 147 g/mol. The molecule has 0 aromatic heterocycles. The van der Waals surface area contributed by atoms with Crippen LogP contribution in [0, 0.1) is 0 Å². The quantitative estimate of drug-likeness (QED) is 0.450. The lowest BCUT2D eigenvalue weighted by molar-refractivity contribution is 0.268. The fraction of sp³-hybridized carbons (Fsp3) is 1.00. The van der Waals surface area contributed by atoms with Crippen LogP contribution in [0.5, 0.6) is 0 Å². The Bertz CT molecular complexity index is 66.3. The first-order valence-electron chi connectivity index (χ1n) is 4.17. The second-order valence-corrected chi connectivity index (χ2v) is 2.86. The molecular weight excluding hydrogens is 129 g/mol. The summed E-state index contributed by atoms with van der Waals surface area (Å²) in [5, 5.41) is 0. The zero-order chi connectivity index (χ0) is 7.82. The summed E-state index contributed by atoms with van der Waals surface area (Å²) in [7, 11) is 0. The van der Waals surface area contributed by atoms with Gasteiger partial charge in [-0.3, -0.25) is 0 Å². The van der Waals surface area contributed by atoms with Crippen molar-refractivity contribution in [3.63, 3.8) is 0 Å². The van der Waals surface area contributed by atoms with E-state index in [2.05, 4.69) is 6.92 Å². The molecule has 0 saturated heterocycles. The Morgan fingerprint density at radius 3 is 2.50 bits per heavy atom. The molecule has 0 aliphatic rings. The van der Waals surface area contributed by atoms with Gasteiger partial charge < -0.3 is 0 Å². The molecular formula is C8H18FN. The zero-order valence-electron chi connectivity index (χ0n) is 6.99. The van der Waals surface area contributed by atoms with Gasteiger partial charge in [-0.05, 0) is 13.3 Å². The van der Waals surface area contributed by atoms with Crippen LogP contribution in [0.2, 0.25) is 0 Å². The first-order valence-corrected chi connectivity index (χ1v) is 4.17. The number of unbranched alkanes of at least 4 members (excludes halogenated alkanes) is 3. The van der Waals surface area contributed by atoms with E-state index >= 15 is 0 Å². The van der Waals surface area contributed by atoms with Crippen LogP contribution in [0.4, 0.5) is 4.48 Å². The van der Waals surface area contributed by atoms with Crippen molar-refractivity contribution in [2.75, 3.05) is 0 Å². The topological polar surface area (TPSA) is 12.0 Å². The first kappa shape index (κ1) is 9.89. The molecule has 10 heavy (non-hydrogen) atoms. The average molecular weight is 147 g/mol. The molecule has 0 fully saturated rings. The molecule has 0 rings (SSSR count). The molecule has 0 radical (unpaired) electrons. The van der Waals surface area contributed by atoms with Crippen molar-refractivity contribution in [3.8, 4) is 0 Å². The highest BCUT2D eigenvalue weighted by atomic mass is 19.2. The van der Waals surface area contributed by atoms with Gasteiger partial charge in [0.2, 0.25) is 0 Å². The number of nitrogens with one attached hydrogen (secondary N) is 1. The van der Waals surface area contributed by atoms with Gasteiger partial charge >= 0.3 is 0 Å². The molecule has 0 aliphatic carbocycles. The van der Waals surface area contributed by atoms with E-state index < -0.39 is 0 Å². The summed E-state index contributed by atoms with van der Waals surface area (Å²) >= 11 is 0. The van der Waals surface area contributed by atoms with Crippen LogP contribution >= 0.6 is 0 Å². The standard InChI is InChI=1S/C8H18FN/c1-3-4-5-6-7-8(2)10-9/h8,10H,3-7H2,1-2H3. The molecule has 0 aliphatic heterocycles. The Kier molecular flexibility index (Phi) is 6.93. The van der Waals surface area contributed by atoms with E-state index in [0.29, 0.717) is 0 Å². The SMILES string of the molecule is CCCCCCC(C)NF. The van der Waals surface area contributed by atoms with Gasteiger partial charge in [-0.15, -0.1) is 4.48 Å². The van der Waals surface area contributed by atoms with E-state index in [1.54, 1.807) is 5.54 Å². The summed E-state index contributed by atoms with van der Waals surface area (Å²) < 4.78 is 11.6. The van der Waals surface area contributed by atoms with Gasteiger partial charge in [-0.25, -0.2) is 0 Å². The fourth-order valence-corrected chi connectivity index (χ4v) is 0.932. The van der Waals surface area contributed by atoms with Gasteiger partial charge in [0.1, 0.15) is 0 Å². The molecule has 1 N–H and O–H groups in total. The van der Waals surface area contributed by atoms with E-state index in [1.165, 1.54) is 19.3 Å². The minimum absolute atomic E-state index is 0.0388.